The Bertz CT molecular complexity index is 715. The molecule has 1 atom stereocenters. The van der Waals surface area contributed by atoms with Gasteiger partial charge in [0, 0.05) is 6.54 Å². The number of benzene rings is 2. The number of ether oxygens (including phenoxy) is 2. The largest absolute Gasteiger partial charge is 0.493 e. The Kier molecular flexibility index (Phi) is 7.11. The molecule has 2 aromatic carbocycles. The van der Waals surface area contributed by atoms with E-state index in [1.165, 1.54) is 24.8 Å². The zero-order chi connectivity index (χ0) is 18.9. The minimum Gasteiger partial charge on any atom is -0.493 e. The van der Waals surface area contributed by atoms with Crippen molar-refractivity contribution in [1.82, 2.24) is 10.2 Å². The topological polar surface area (TPSA) is 50.8 Å². The molecule has 1 aliphatic heterocycles. The number of piperidine rings is 1. The van der Waals surface area contributed by atoms with Crippen molar-refractivity contribution in [2.75, 3.05) is 33.4 Å². The van der Waals surface area contributed by atoms with E-state index in [1.54, 1.807) is 13.2 Å². The van der Waals surface area contributed by atoms with Crippen molar-refractivity contribution in [3.63, 3.8) is 0 Å². The highest BCUT2D eigenvalue weighted by molar-refractivity contribution is 5.77. The summed E-state index contributed by atoms with van der Waals surface area (Å²) in [6.07, 6.45) is 3.72. The fourth-order valence-corrected chi connectivity index (χ4v) is 3.51. The molecule has 3 rings (SSSR count). The van der Waals surface area contributed by atoms with Gasteiger partial charge in [-0.25, -0.2) is 0 Å². The van der Waals surface area contributed by atoms with Crippen LogP contribution in [0.25, 0.3) is 0 Å². The van der Waals surface area contributed by atoms with Crippen LogP contribution in [0.2, 0.25) is 0 Å². The lowest BCUT2D eigenvalue weighted by molar-refractivity contribution is -0.123. The second-order valence-corrected chi connectivity index (χ2v) is 6.77. The average Bonchev–Trinajstić information content (AvgIpc) is 2.74. The van der Waals surface area contributed by atoms with Gasteiger partial charge in [0.25, 0.3) is 5.91 Å². The first-order valence-electron chi connectivity index (χ1n) is 9.59. The second kappa shape index (κ2) is 9.97. The number of hydrogen-bond acceptors (Lipinski definition) is 4. The van der Waals surface area contributed by atoms with Crippen LogP contribution in [0.1, 0.15) is 30.9 Å². The third-order valence-electron chi connectivity index (χ3n) is 4.94. The van der Waals surface area contributed by atoms with Gasteiger partial charge >= 0.3 is 0 Å². The molecular weight excluding hydrogens is 340 g/mol. The Labute approximate surface area is 161 Å². The Morgan fingerprint density at radius 3 is 2.37 bits per heavy atom. The van der Waals surface area contributed by atoms with E-state index >= 15 is 0 Å². The summed E-state index contributed by atoms with van der Waals surface area (Å²) in [6, 6.07) is 17.9. The van der Waals surface area contributed by atoms with Crippen molar-refractivity contribution in [2.45, 2.75) is 25.3 Å². The smallest absolute Gasteiger partial charge is 0.258 e. The van der Waals surface area contributed by atoms with Crippen LogP contribution in [0.5, 0.6) is 11.5 Å². The summed E-state index contributed by atoms with van der Waals surface area (Å²) in [7, 11) is 1.59. The van der Waals surface area contributed by atoms with Crippen LogP contribution in [0.3, 0.4) is 0 Å². The van der Waals surface area contributed by atoms with Gasteiger partial charge in [0.1, 0.15) is 0 Å². The van der Waals surface area contributed by atoms with Crippen LogP contribution >= 0.6 is 0 Å². The maximum Gasteiger partial charge on any atom is 0.258 e. The summed E-state index contributed by atoms with van der Waals surface area (Å²) in [5, 5.41) is 3.04. The first-order valence-corrected chi connectivity index (χ1v) is 9.59. The van der Waals surface area contributed by atoms with E-state index in [0.717, 1.165) is 13.1 Å². The van der Waals surface area contributed by atoms with Gasteiger partial charge < -0.3 is 14.8 Å². The number of amides is 1. The lowest BCUT2D eigenvalue weighted by Gasteiger charge is -2.35. The quantitative estimate of drug-likeness (QED) is 0.776. The second-order valence-electron chi connectivity index (χ2n) is 6.77. The van der Waals surface area contributed by atoms with Crippen molar-refractivity contribution < 1.29 is 14.3 Å². The van der Waals surface area contributed by atoms with Gasteiger partial charge in [0.15, 0.2) is 18.1 Å². The molecule has 1 aliphatic rings. The normalized spacial score (nSPS) is 15.7. The van der Waals surface area contributed by atoms with Gasteiger partial charge in [-0.2, -0.15) is 0 Å². The van der Waals surface area contributed by atoms with Crippen molar-refractivity contribution >= 4 is 5.91 Å². The zero-order valence-electron chi connectivity index (χ0n) is 15.9. The van der Waals surface area contributed by atoms with E-state index in [4.69, 9.17) is 9.47 Å². The molecule has 1 heterocycles. The molecule has 0 bridgehead atoms. The fraction of sp³-hybridized carbons (Fsp3) is 0.409. The molecule has 2 aromatic rings. The SMILES string of the molecule is COc1ccccc1OCC(=O)NCC(c1ccccc1)N1CCCCC1. The van der Waals surface area contributed by atoms with Crippen LogP contribution in [0.15, 0.2) is 54.6 Å². The van der Waals surface area contributed by atoms with Crippen molar-refractivity contribution in [2.24, 2.45) is 0 Å². The first-order chi connectivity index (χ1) is 13.3. The molecule has 1 N–H and O–H groups in total. The third-order valence-corrected chi connectivity index (χ3v) is 4.94. The molecule has 5 nitrogen and oxygen atoms in total. The third kappa shape index (κ3) is 5.47. The Morgan fingerprint density at radius 1 is 1.00 bits per heavy atom. The maximum absolute atomic E-state index is 12.3. The maximum atomic E-state index is 12.3. The Balaban J connectivity index is 1.57. The number of para-hydroxylation sites is 2. The molecule has 0 aromatic heterocycles. The summed E-state index contributed by atoms with van der Waals surface area (Å²) in [4.78, 5) is 14.8. The minimum atomic E-state index is -0.126. The highest BCUT2D eigenvalue weighted by Crippen LogP contribution is 2.26. The average molecular weight is 368 g/mol. The number of nitrogens with zero attached hydrogens (tertiary/aromatic N) is 1. The molecule has 0 aliphatic carbocycles. The van der Waals surface area contributed by atoms with Gasteiger partial charge in [0.2, 0.25) is 0 Å². The molecule has 1 amide bonds. The number of hydrogen-bond donors (Lipinski definition) is 1. The molecule has 1 fully saturated rings. The molecule has 5 heteroatoms. The molecule has 1 unspecified atom stereocenters. The predicted octanol–water partition coefficient (Wildman–Crippen LogP) is 3.42. The number of methoxy groups -OCH3 is 1. The van der Waals surface area contributed by atoms with Gasteiger partial charge in [-0.15, -0.1) is 0 Å². The molecule has 0 spiro atoms. The molecule has 27 heavy (non-hydrogen) atoms. The van der Waals surface area contributed by atoms with E-state index in [0.29, 0.717) is 18.0 Å². The van der Waals surface area contributed by atoms with Crippen LogP contribution in [0.4, 0.5) is 0 Å². The summed E-state index contributed by atoms with van der Waals surface area (Å²) in [5.74, 6) is 1.07. The highest BCUT2D eigenvalue weighted by Gasteiger charge is 2.22. The molecule has 1 saturated heterocycles. The first kappa shape index (κ1) is 19.2. The van der Waals surface area contributed by atoms with Crippen LogP contribution < -0.4 is 14.8 Å². The monoisotopic (exact) mass is 368 g/mol. The van der Waals surface area contributed by atoms with Crippen molar-refractivity contribution in [1.29, 1.82) is 0 Å². The summed E-state index contributed by atoms with van der Waals surface area (Å²) in [6.45, 7) is 2.71. The standard InChI is InChI=1S/C22H28N2O3/c1-26-20-12-6-7-13-21(20)27-17-22(25)23-16-19(18-10-4-2-5-11-18)24-14-8-3-9-15-24/h2,4-7,10-13,19H,3,8-9,14-17H2,1H3,(H,23,25). The van der Waals surface area contributed by atoms with Gasteiger partial charge in [-0.1, -0.05) is 48.9 Å². The van der Waals surface area contributed by atoms with Crippen LogP contribution in [0, 0.1) is 0 Å². The lowest BCUT2D eigenvalue weighted by Crippen LogP contribution is -2.41. The van der Waals surface area contributed by atoms with Crippen molar-refractivity contribution in [3.05, 3.63) is 60.2 Å². The van der Waals surface area contributed by atoms with Crippen molar-refractivity contribution in [3.8, 4) is 11.5 Å². The summed E-state index contributed by atoms with van der Waals surface area (Å²) in [5.41, 5.74) is 1.24. The zero-order valence-corrected chi connectivity index (χ0v) is 15.9. The highest BCUT2D eigenvalue weighted by atomic mass is 16.5. The van der Waals surface area contributed by atoms with Crippen LogP contribution in [-0.4, -0.2) is 44.2 Å². The van der Waals surface area contributed by atoms with Gasteiger partial charge in [-0.05, 0) is 43.6 Å². The summed E-state index contributed by atoms with van der Waals surface area (Å²) < 4.78 is 10.9. The Morgan fingerprint density at radius 2 is 1.67 bits per heavy atom. The summed E-state index contributed by atoms with van der Waals surface area (Å²) >= 11 is 0. The molecule has 144 valence electrons. The van der Waals surface area contributed by atoms with E-state index in [9.17, 15) is 4.79 Å². The Hall–Kier alpha value is -2.53. The minimum absolute atomic E-state index is 0.0259. The fourth-order valence-electron chi connectivity index (χ4n) is 3.51. The number of rotatable bonds is 8. The molecule has 0 radical (unpaired) electrons. The van der Waals surface area contributed by atoms with E-state index in [1.807, 2.05) is 24.3 Å². The van der Waals surface area contributed by atoms with Crippen LogP contribution in [-0.2, 0) is 4.79 Å². The number of nitrogens with one attached hydrogen (secondary N) is 1. The van der Waals surface area contributed by atoms with Gasteiger partial charge in [-0.3, -0.25) is 9.69 Å². The number of carbonyl (C=O) groups is 1. The molecule has 0 saturated carbocycles. The number of carbonyl (C=O) groups excluding carboxylic acids is 1. The predicted molar refractivity (Wildman–Crippen MR) is 106 cm³/mol. The molecular formula is C22H28N2O3. The van der Waals surface area contributed by atoms with E-state index in [-0.39, 0.29) is 18.6 Å². The van der Waals surface area contributed by atoms with E-state index < -0.39 is 0 Å². The lowest BCUT2D eigenvalue weighted by atomic mass is 10.0. The van der Waals surface area contributed by atoms with Gasteiger partial charge in [0.05, 0.1) is 13.2 Å². The number of likely N-dealkylation sites (tertiary alicyclic amines) is 1. The van der Waals surface area contributed by atoms with E-state index in [2.05, 4.69) is 34.5 Å².